The lowest BCUT2D eigenvalue weighted by Gasteiger charge is -2.23. The Kier molecular flexibility index (Phi) is 5.36. The SMILES string of the molecule is COCc1ccc([C@@H]2CCCN2C(=O)NCc2cccc(C#N)c2)o1. The van der Waals surface area contributed by atoms with Crippen LogP contribution in [0.5, 0.6) is 0 Å². The van der Waals surface area contributed by atoms with Crippen molar-refractivity contribution in [1.29, 1.82) is 5.26 Å². The fourth-order valence-electron chi connectivity index (χ4n) is 3.13. The number of benzene rings is 1. The van der Waals surface area contributed by atoms with Crippen molar-refractivity contribution < 1.29 is 13.9 Å². The van der Waals surface area contributed by atoms with E-state index in [1.54, 1.807) is 19.2 Å². The lowest BCUT2D eigenvalue weighted by molar-refractivity contribution is 0.156. The molecule has 1 aromatic heterocycles. The molecule has 1 atom stereocenters. The maximum atomic E-state index is 12.6. The normalized spacial score (nSPS) is 16.6. The van der Waals surface area contributed by atoms with E-state index in [-0.39, 0.29) is 12.1 Å². The molecule has 25 heavy (non-hydrogen) atoms. The van der Waals surface area contributed by atoms with Gasteiger partial charge in [-0.3, -0.25) is 0 Å². The average Bonchev–Trinajstić information content (AvgIpc) is 3.29. The summed E-state index contributed by atoms with van der Waals surface area (Å²) in [6.45, 7) is 1.52. The number of carbonyl (C=O) groups excluding carboxylic acids is 1. The van der Waals surface area contributed by atoms with E-state index < -0.39 is 0 Å². The Balaban J connectivity index is 1.63. The van der Waals surface area contributed by atoms with Crippen LogP contribution in [0.3, 0.4) is 0 Å². The van der Waals surface area contributed by atoms with E-state index in [0.29, 0.717) is 25.3 Å². The highest BCUT2D eigenvalue weighted by Crippen LogP contribution is 2.33. The molecule has 2 aromatic rings. The molecule has 2 amide bonds. The third-order valence-electron chi connectivity index (χ3n) is 4.31. The highest BCUT2D eigenvalue weighted by atomic mass is 16.5. The van der Waals surface area contributed by atoms with E-state index in [1.165, 1.54) is 0 Å². The van der Waals surface area contributed by atoms with Gasteiger partial charge in [-0.2, -0.15) is 5.26 Å². The van der Waals surface area contributed by atoms with E-state index >= 15 is 0 Å². The number of methoxy groups -OCH3 is 1. The highest BCUT2D eigenvalue weighted by molar-refractivity contribution is 5.75. The first kappa shape index (κ1) is 17.1. The summed E-state index contributed by atoms with van der Waals surface area (Å²) < 4.78 is 10.9. The number of nitrogens with one attached hydrogen (secondary N) is 1. The van der Waals surface area contributed by atoms with Gasteiger partial charge in [-0.15, -0.1) is 0 Å². The van der Waals surface area contributed by atoms with E-state index in [2.05, 4.69) is 11.4 Å². The third kappa shape index (κ3) is 4.01. The minimum absolute atomic E-state index is 0.0453. The molecule has 3 rings (SSSR count). The Morgan fingerprint density at radius 1 is 1.44 bits per heavy atom. The third-order valence-corrected chi connectivity index (χ3v) is 4.31. The minimum Gasteiger partial charge on any atom is -0.461 e. The van der Waals surface area contributed by atoms with Crippen molar-refractivity contribution >= 4 is 6.03 Å². The van der Waals surface area contributed by atoms with Crippen molar-refractivity contribution in [3.05, 3.63) is 59.0 Å². The topological polar surface area (TPSA) is 78.5 Å². The van der Waals surface area contributed by atoms with E-state index in [9.17, 15) is 4.79 Å². The Morgan fingerprint density at radius 3 is 3.12 bits per heavy atom. The second-order valence-electron chi connectivity index (χ2n) is 6.06. The summed E-state index contributed by atoms with van der Waals surface area (Å²) in [5.41, 5.74) is 1.50. The Bertz CT molecular complexity index is 778. The molecule has 2 heterocycles. The largest absolute Gasteiger partial charge is 0.461 e. The van der Waals surface area contributed by atoms with Gasteiger partial charge in [0.1, 0.15) is 18.1 Å². The quantitative estimate of drug-likeness (QED) is 0.906. The standard InChI is InChI=1S/C19H21N3O3/c1-24-13-16-7-8-18(25-16)17-6-3-9-22(17)19(23)21-12-15-5-2-4-14(10-15)11-20/h2,4-5,7-8,10,17H,3,6,9,12-13H2,1H3,(H,21,23)/t17-/m0/s1. The summed E-state index contributed by atoms with van der Waals surface area (Å²) in [5, 5.41) is 11.9. The summed E-state index contributed by atoms with van der Waals surface area (Å²) in [7, 11) is 1.62. The summed E-state index contributed by atoms with van der Waals surface area (Å²) in [4.78, 5) is 14.4. The van der Waals surface area contributed by atoms with Gasteiger partial charge in [-0.05, 0) is 42.7 Å². The number of hydrogen-bond donors (Lipinski definition) is 1. The van der Waals surface area contributed by atoms with E-state index in [0.717, 1.165) is 29.9 Å². The van der Waals surface area contributed by atoms with Crippen LogP contribution in [0.1, 0.15) is 41.5 Å². The van der Waals surface area contributed by atoms with Crippen LogP contribution in [0.15, 0.2) is 40.8 Å². The number of rotatable bonds is 5. The molecule has 1 fully saturated rings. The van der Waals surface area contributed by atoms with Crippen LogP contribution >= 0.6 is 0 Å². The van der Waals surface area contributed by atoms with Crippen molar-refractivity contribution in [2.45, 2.75) is 32.0 Å². The van der Waals surface area contributed by atoms with Crippen LogP contribution < -0.4 is 5.32 Å². The molecule has 0 aliphatic carbocycles. The minimum atomic E-state index is -0.116. The van der Waals surface area contributed by atoms with Crippen LogP contribution in [0.2, 0.25) is 0 Å². The van der Waals surface area contributed by atoms with Crippen LogP contribution in [0, 0.1) is 11.3 Å². The van der Waals surface area contributed by atoms with Gasteiger partial charge >= 0.3 is 6.03 Å². The molecule has 6 nitrogen and oxygen atoms in total. The summed E-state index contributed by atoms with van der Waals surface area (Å²) in [6.07, 6.45) is 1.83. The first-order valence-electron chi connectivity index (χ1n) is 8.32. The zero-order chi connectivity index (χ0) is 17.6. The van der Waals surface area contributed by atoms with Crippen LogP contribution in [-0.2, 0) is 17.9 Å². The molecule has 0 radical (unpaired) electrons. The van der Waals surface area contributed by atoms with Crippen molar-refractivity contribution in [2.75, 3.05) is 13.7 Å². The maximum Gasteiger partial charge on any atom is 0.318 e. The van der Waals surface area contributed by atoms with Gasteiger partial charge in [0.2, 0.25) is 0 Å². The summed E-state index contributed by atoms with van der Waals surface area (Å²) in [6, 6.07) is 13.0. The number of urea groups is 1. The van der Waals surface area contributed by atoms with Gasteiger partial charge in [0, 0.05) is 20.2 Å². The molecule has 0 spiro atoms. The van der Waals surface area contributed by atoms with Gasteiger partial charge < -0.3 is 19.4 Å². The molecule has 1 N–H and O–H groups in total. The van der Waals surface area contributed by atoms with Gasteiger partial charge in [0.05, 0.1) is 17.7 Å². The number of likely N-dealkylation sites (tertiary alicyclic amines) is 1. The first-order chi connectivity index (χ1) is 12.2. The van der Waals surface area contributed by atoms with E-state index in [4.69, 9.17) is 14.4 Å². The Labute approximate surface area is 147 Å². The first-order valence-corrected chi connectivity index (χ1v) is 8.32. The van der Waals surface area contributed by atoms with Crippen LogP contribution in [0.25, 0.3) is 0 Å². The molecular formula is C19H21N3O3. The smallest absolute Gasteiger partial charge is 0.318 e. The van der Waals surface area contributed by atoms with Gasteiger partial charge in [0.25, 0.3) is 0 Å². The molecule has 0 unspecified atom stereocenters. The van der Waals surface area contributed by atoms with Gasteiger partial charge in [0.15, 0.2) is 0 Å². The number of furan rings is 1. The number of nitrogens with zero attached hydrogens (tertiary/aromatic N) is 2. The molecule has 0 bridgehead atoms. The highest BCUT2D eigenvalue weighted by Gasteiger charge is 2.32. The molecule has 1 aliphatic heterocycles. The second kappa shape index (κ2) is 7.86. The number of amides is 2. The van der Waals surface area contributed by atoms with Crippen LogP contribution in [0.4, 0.5) is 4.79 Å². The number of carbonyl (C=O) groups is 1. The molecule has 0 saturated carbocycles. The Morgan fingerprint density at radius 2 is 2.32 bits per heavy atom. The number of nitriles is 1. The fourth-order valence-corrected chi connectivity index (χ4v) is 3.13. The van der Waals surface area contributed by atoms with Crippen LogP contribution in [-0.4, -0.2) is 24.6 Å². The Hall–Kier alpha value is -2.78. The van der Waals surface area contributed by atoms with Gasteiger partial charge in [-0.1, -0.05) is 12.1 Å². The lowest BCUT2D eigenvalue weighted by Crippen LogP contribution is -2.39. The van der Waals surface area contributed by atoms with Crippen molar-refractivity contribution in [3.8, 4) is 6.07 Å². The fraction of sp³-hybridized carbons (Fsp3) is 0.368. The number of ether oxygens (including phenoxy) is 1. The molecule has 1 aliphatic rings. The predicted octanol–water partition coefficient (Wildman–Crippen LogP) is 3.34. The van der Waals surface area contributed by atoms with Crippen molar-refractivity contribution in [1.82, 2.24) is 10.2 Å². The molecule has 1 aromatic carbocycles. The maximum absolute atomic E-state index is 12.6. The lowest BCUT2D eigenvalue weighted by atomic mass is 10.1. The summed E-state index contributed by atoms with van der Waals surface area (Å²) >= 11 is 0. The molecule has 6 heteroatoms. The van der Waals surface area contributed by atoms with Crippen molar-refractivity contribution in [2.24, 2.45) is 0 Å². The molecule has 130 valence electrons. The zero-order valence-electron chi connectivity index (χ0n) is 14.2. The molecule has 1 saturated heterocycles. The predicted molar refractivity (Wildman–Crippen MR) is 91.5 cm³/mol. The van der Waals surface area contributed by atoms with E-state index in [1.807, 2.05) is 29.2 Å². The van der Waals surface area contributed by atoms with Crippen molar-refractivity contribution in [3.63, 3.8) is 0 Å². The summed E-state index contributed by atoms with van der Waals surface area (Å²) in [5.74, 6) is 1.56. The second-order valence-corrected chi connectivity index (χ2v) is 6.06. The monoisotopic (exact) mass is 339 g/mol. The molecular weight excluding hydrogens is 318 g/mol. The van der Waals surface area contributed by atoms with Gasteiger partial charge in [-0.25, -0.2) is 4.79 Å². The zero-order valence-corrected chi connectivity index (χ0v) is 14.2. The average molecular weight is 339 g/mol. The number of hydrogen-bond acceptors (Lipinski definition) is 4.